The lowest BCUT2D eigenvalue weighted by Gasteiger charge is -2.13. The van der Waals surface area contributed by atoms with Crippen molar-refractivity contribution in [2.45, 2.75) is 26.3 Å². The van der Waals surface area contributed by atoms with Gasteiger partial charge in [-0.05, 0) is 12.5 Å². The smallest absolute Gasteiger partial charge is 0.231 e. The normalized spacial score (nSPS) is 17.3. The van der Waals surface area contributed by atoms with E-state index in [-0.39, 0.29) is 30.7 Å². The number of carbonyl (C=O) groups is 2. The van der Waals surface area contributed by atoms with Crippen LogP contribution in [-0.2, 0) is 22.6 Å². The van der Waals surface area contributed by atoms with Crippen LogP contribution < -0.4 is 5.32 Å². The summed E-state index contributed by atoms with van der Waals surface area (Å²) in [7, 11) is 0. The maximum absolute atomic E-state index is 12.1. The molecule has 1 saturated heterocycles. The minimum Gasteiger partial charge on any atom is -0.348 e. The lowest BCUT2D eigenvalue weighted by atomic mass is 10.1. The van der Waals surface area contributed by atoms with Crippen molar-refractivity contribution >= 4 is 11.8 Å². The fourth-order valence-electron chi connectivity index (χ4n) is 2.77. The second kappa shape index (κ2) is 7.25. The third-order valence-electron chi connectivity index (χ3n) is 4.10. The highest BCUT2D eigenvalue weighted by molar-refractivity contribution is 5.89. The van der Waals surface area contributed by atoms with Crippen LogP contribution >= 0.6 is 0 Å². The first-order chi connectivity index (χ1) is 11.7. The number of hydrogen-bond donors (Lipinski definition) is 1. The SMILES string of the molecule is CCN1CC(C(=O)NCc2noc(Cc3ccccc3)n2)CC1=O. The quantitative estimate of drug-likeness (QED) is 0.859. The van der Waals surface area contributed by atoms with E-state index in [1.807, 2.05) is 37.3 Å². The van der Waals surface area contributed by atoms with Gasteiger partial charge in [0.1, 0.15) is 0 Å². The molecule has 24 heavy (non-hydrogen) atoms. The van der Waals surface area contributed by atoms with Crippen LogP contribution in [0.3, 0.4) is 0 Å². The van der Waals surface area contributed by atoms with Crippen LogP contribution in [0.5, 0.6) is 0 Å². The molecular formula is C17H20N4O3. The van der Waals surface area contributed by atoms with E-state index in [0.717, 1.165) is 5.56 Å². The van der Waals surface area contributed by atoms with Crippen LogP contribution in [0, 0.1) is 5.92 Å². The molecule has 2 heterocycles. The Labute approximate surface area is 140 Å². The second-order valence-corrected chi connectivity index (χ2v) is 5.82. The summed E-state index contributed by atoms with van der Waals surface area (Å²) < 4.78 is 5.20. The highest BCUT2D eigenvalue weighted by Gasteiger charge is 2.33. The van der Waals surface area contributed by atoms with Crippen molar-refractivity contribution in [2.24, 2.45) is 5.92 Å². The van der Waals surface area contributed by atoms with Gasteiger partial charge in [0.05, 0.1) is 18.9 Å². The molecule has 0 spiro atoms. The summed E-state index contributed by atoms with van der Waals surface area (Å²) in [5, 5.41) is 6.66. The number of aromatic nitrogens is 2. The lowest BCUT2D eigenvalue weighted by Crippen LogP contribution is -2.32. The Kier molecular flexibility index (Phi) is 4.88. The lowest BCUT2D eigenvalue weighted by molar-refractivity contribution is -0.128. The maximum Gasteiger partial charge on any atom is 0.231 e. The molecule has 126 valence electrons. The van der Waals surface area contributed by atoms with E-state index in [0.29, 0.717) is 31.2 Å². The zero-order chi connectivity index (χ0) is 16.9. The Morgan fingerprint density at radius 1 is 1.38 bits per heavy atom. The average Bonchev–Trinajstić information content (AvgIpc) is 3.20. The Morgan fingerprint density at radius 3 is 2.88 bits per heavy atom. The van der Waals surface area contributed by atoms with Gasteiger partial charge >= 0.3 is 0 Å². The van der Waals surface area contributed by atoms with Gasteiger partial charge < -0.3 is 14.7 Å². The molecule has 2 aromatic rings. The third-order valence-corrected chi connectivity index (χ3v) is 4.10. The van der Waals surface area contributed by atoms with Gasteiger partial charge in [0.15, 0.2) is 5.82 Å². The van der Waals surface area contributed by atoms with Gasteiger partial charge in [-0.2, -0.15) is 4.98 Å². The molecule has 1 atom stereocenters. The van der Waals surface area contributed by atoms with Crippen LogP contribution in [0.15, 0.2) is 34.9 Å². The number of nitrogens with zero attached hydrogens (tertiary/aromatic N) is 3. The van der Waals surface area contributed by atoms with Gasteiger partial charge in [0, 0.05) is 19.5 Å². The highest BCUT2D eigenvalue weighted by atomic mass is 16.5. The fraction of sp³-hybridized carbons (Fsp3) is 0.412. The average molecular weight is 328 g/mol. The number of rotatable bonds is 6. The number of carbonyl (C=O) groups excluding carboxylic acids is 2. The van der Waals surface area contributed by atoms with Gasteiger partial charge in [0.25, 0.3) is 0 Å². The van der Waals surface area contributed by atoms with E-state index in [1.165, 1.54) is 0 Å². The zero-order valence-corrected chi connectivity index (χ0v) is 13.6. The summed E-state index contributed by atoms with van der Waals surface area (Å²) in [6.45, 7) is 3.22. The molecule has 7 heteroatoms. The van der Waals surface area contributed by atoms with Gasteiger partial charge in [-0.1, -0.05) is 35.5 Å². The predicted octanol–water partition coefficient (Wildman–Crippen LogP) is 1.14. The van der Waals surface area contributed by atoms with Crippen molar-refractivity contribution in [2.75, 3.05) is 13.1 Å². The molecule has 0 bridgehead atoms. The number of hydrogen-bond acceptors (Lipinski definition) is 5. The molecule has 1 aliphatic rings. The topological polar surface area (TPSA) is 88.3 Å². The molecule has 2 amide bonds. The molecule has 0 aliphatic carbocycles. The number of amides is 2. The van der Waals surface area contributed by atoms with Crippen molar-refractivity contribution in [3.05, 3.63) is 47.6 Å². The summed E-state index contributed by atoms with van der Waals surface area (Å²) in [5.41, 5.74) is 1.08. The Balaban J connectivity index is 1.50. The number of likely N-dealkylation sites (tertiary alicyclic amines) is 1. The summed E-state index contributed by atoms with van der Waals surface area (Å²) in [4.78, 5) is 29.8. The summed E-state index contributed by atoms with van der Waals surface area (Å²) in [6, 6.07) is 9.83. The van der Waals surface area contributed by atoms with Crippen molar-refractivity contribution in [3.63, 3.8) is 0 Å². The standard InChI is InChI=1S/C17H20N4O3/c1-2-21-11-13(9-16(21)22)17(23)18-10-14-19-15(24-20-14)8-12-6-4-3-5-7-12/h3-7,13H,2,8-11H2,1H3,(H,18,23). The zero-order valence-electron chi connectivity index (χ0n) is 13.6. The first-order valence-electron chi connectivity index (χ1n) is 8.06. The van der Waals surface area contributed by atoms with Crippen molar-refractivity contribution in [1.82, 2.24) is 20.4 Å². The van der Waals surface area contributed by atoms with Crippen molar-refractivity contribution < 1.29 is 14.1 Å². The fourth-order valence-corrected chi connectivity index (χ4v) is 2.77. The summed E-state index contributed by atoms with van der Waals surface area (Å²) >= 11 is 0. The summed E-state index contributed by atoms with van der Waals surface area (Å²) in [5.74, 6) is 0.536. The Morgan fingerprint density at radius 2 is 2.17 bits per heavy atom. The molecular weight excluding hydrogens is 308 g/mol. The van der Waals surface area contributed by atoms with Crippen LogP contribution in [0.1, 0.15) is 30.6 Å². The van der Waals surface area contributed by atoms with Crippen LogP contribution in [0.2, 0.25) is 0 Å². The van der Waals surface area contributed by atoms with Crippen LogP contribution in [0.25, 0.3) is 0 Å². The molecule has 1 aromatic heterocycles. The molecule has 3 rings (SSSR count). The Bertz CT molecular complexity index is 714. The monoisotopic (exact) mass is 328 g/mol. The predicted molar refractivity (Wildman–Crippen MR) is 85.8 cm³/mol. The number of benzene rings is 1. The first kappa shape index (κ1) is 16.2. The number of nitrogens with one attached hydrogen (secondary N) is 1. The van der Waals surface area contributed by atoms with Crippen molar-refractivity contribution in [3.8, 4) is 0 Å². The van der Waals surface area contributed by atoms with Crippen LogP contribution in [0.4, 0.5) is 0 Å². The van der Waals surface area contributed by atoms with E-state index < -0.39 is 0 Å². The first-order valence-corrected chi connectivity index (χ1v) is 8.06. The molecule has 1 N–H and O–H groups in total. The van der Waals surface area contributed by atoms with Crippen LogP contribution in [-0.4, -0.2) is 39.9 Å². The van der Waals surface area contributed by atoms with Gasteiger partial charge in [-0.25, -0.2) is 0 Å². The van der Waals surface area contributed by atoms with E-state index >= 15 is 0 Å². The molecule has 0 saturated carbocycles. The highest BCUT2D eigenvalue weighted by Crippen LogP contribution is 2.17. The van der Waals surface area contributed by atoms with Gasteiger partial charge in [-0.3, -0.25) is 9.59 Å². The van der Waals surface area contributed by atoms with Gasteiger partial charge in [0.2, 0.25) is 17.7 Å². The molecule has 1 aromatic carbocycles. The van der Waals surface area contributed by atoms with Crippen molar-refractivity contribution in [1.29, 1.82) is 0 Å². The second-order valence-electron chi connectivity index (χ2n) is 5.82. The Hall–Kier alpha value is -2.70. The molecule has 1 fully saturated rings. The van der Waals surface area contributed by atoms with E-state index in [9.17, 15) is 9.59 Å². The van der Waals surface area contributed by atoms with Gasteiger partial charge in [-0.15, -0.1) is 0 Å². The summed E-state index contributed by atoms with van der Waals surface area (Å²) in [6.07, 6.45) is 0.829. The van der Waals surface area contributed by atoms with E-state index in [1.54, 1.807) is 4.90 Å². The largest absolute Gasteiger partial charge is 0.348 e. The molecule has 7 nitrogen and oxygen atoms in total. The maximum atomic E-state index is 12.1. The minimum atomic E-state index is -0.298. The third kappa shape index (κ3) is 3.79. The molecule has 0 radical (unpaired) electrons. The van der Waals surface area contributed by atoms with E-state index in [4.69, 9.17) is 4.52 Å². The van der Waals surface area contributed by atoms with E-state index in [2.05, 4.69) is 15.5 Å². The minimum absolute atomic E-state index is 0.0300. The molecule has 1 unspecified atom stereocenters. The molecule has 1 aliphatic heterocycles.